The summed E-state index contributed by atoms with van der Waals surface area (Å²) in [5.74, 6) is 0.637. The summed E-state index contributed by atoms with van der Waals surface area (Å²) in [4.78, 5) is 6.44. The number of rotatable bonds is 7. The van der Waals surface area contributed by atoms with E-state index in [1.165, 1.54) is 17.1 Å². The van der Waals surface area contributed by atoms with E-state index in [0.29, 0.717) is 19.0 Å². The molecule has 1 fully saturated rings. The number of hydrogen-bond donors (Lipinski definition) is 1. The Balaban J connectivity index is 1.28. The Labute approximate surface area is 168 Å². The number of ether oxygens (including phenoxy) is 1. The first kappa shape index (κ1) is 20.0. The summed E-state index contributed by atoms with van der Waals surface area (Å²) >= 11 is 0. The van der Waals surface area contributed by atoms with Crippen LogP contribution in [0.4, 0.5) is 19.1 Å². The summed E-state index contributed by atoms with van der Waals surface area (Å²) in [6, 6.07) is 5.43. The van der Waals surface area contributed by atoms with Crippen LogP contribution in [-0.4, -0.2) is 58.4 Å². The van der Waals surface area contributed by atoms with Crippen LogP contribution in [0.15, 0.2) is 30.6 Å². The fourth-order valence-electron chi connectivity index (χ4n) is 4.36. The van der Waals surface area contributed by atoms with Crippen LogP contribution in [0.1, 0.15) is 31.7 Å². The van der Waals surface area contributed by atoms with Gasteiger partial charge in [0.05, 0.1) is 6.61 Å². The average Bonchev–Trinajstić information content (AvgIpc) is 3.20. The molecule has 1 aromatic carbocycles. The summed E-state index contributed by atoms with van der Waals surface area (Å²) in [6.45, 7) is 3.12. The molecular weight excluding hydrogens is 383 g/mol. The third-order valence-corrected chi connectivity index (χ3v) is 5.81. The molecule has 0 aliphatic carbocycles. The first-order valence-electron chi connectivity index (χ1n) is 10.2. The van der Waals surface area contributed by atoms with E-state index in [4.69, 9.17) is 4.74 Å². The van der Waals surface area contributed by atoms with E-state index in [9.17, 15) is 13.2 Å². The zero-order valence-corrected chi connectivity index (χ0v) is 16.2. The molecule has 1 aromatic heterocycles. The molecule has 4 rings (SSSR count). The van der Waals surface area contributed by atoms with Gasteiger partial charge in [-0.05, 0) is 50.3 Å². The minimum absolute atomic E-state index is 0.0387. The molecule has 3 heterocycles. The highest BCUT2D eigenvalue weighted by molar-refractivity contribution is 5.29. The summed E-state index contributed by atoms with van der Waals surface area (Å²) in [5.41, 5.74) is 0. The van der Waals surface area contributed by atoms with Gasteiger partial charge in [-0.2, -0.15) is 10.1 Å². The van der Waals surface area contributed by atoms with Crippen molar-refractivity contribution < 1.29 is 17.9 Å². The van der Waals surface area contributed by atoms with Crippen molar-refractivity contribution in [2.24, 2.45) is 5.92 Å². The minimum atomic E-state index is -2.46. The quantitative estimate of drug-likeness (QED) is 0.709. The molecule has 9 heteroatoms. The summed E-state index contributed by atoms with van der Waals surface area (Å²) < 4.78 is 47.4. The first-order valence-corrected chi connectivity index (χ1v) is 10.2. The SMILES string of the molecule is Fc1ccccc1OCCCN1CCC[C@@H]([C@@H]2C[C@H](C(F)F)n3ncnc3N2)C1. The van der Waals surface area contributed by atoms with Gasteiger partial charge in [-0.15, -0.1) is 0 Å². The fraction of sp³-hybridized carbons (Fsp3) is 0.600. The summed E-state index contributed by atoms with van der Waals surface area (Å²) in [6.07, 6.45) is 2.03. The molecule has 2 aliphatic rings. The number of fused-ring (bicyclic) bond motifs is 1. The standard InChI is InChI=1S/C20H26F3N5O/c21-15-6-1-2-7-18(15)29-10-4-9-27-8-3-5-14(12-27)16-11-17(19(22)23)28-20(26-16)24-13-25-28/h1-2,6-7,13-14,16-17,19H,3-5,8-12H2,(H,24,25,26)/t14-,16+,17-/m1/s1. The van der Waals surface area contributed by atoms with Crippen molar-refractivity contribution in [1.29, 1.82) is 0 Å². The lowest BCUT2D eigenvalue weighted by atomic mass is 9.86. The van der Waals surface area contributed by atoms with Crippen molar-refractivity contribution in [1.82, 2.24) is 19.7 Å². The Morgan fingerprint density at radius 3 is 2.97 bits per heavy atom. The monoisotopic (exact) mass is 409 g/mol. The Bertz CT molecular complexity index is 802. The largest absolute Gasteiger partial charge is 0.490 e. The molecule has 29 heavy (non-hydrogen) atoms. The number of likely N-dealkylation sites (tertiary alicyclic amines) is 1. The second-order valence-electron chi connectivity index (χ2n) is 7.75. The number of para-hydroxylation sites is 1. The average molecular weight is 409 g/mol. The molecule has 1 N–H and O–H groups in total. The van der Waals surface area contributed by atoms with Crippen molar-refractivity contribution in [3.05, 3.63) is 36.4 Å². The van der Waals surface area contributed by atoms with Crippen LogP contribution in [0.25, 0.3) is 0 Å². The van der Waals surface area contributed by atoms with Crippen LogP contribution in [0, 0.1) is 11.7 Å². The number of piperidine rings is 1. The molecule has 0 amide bonds. The van der Waals surface area contributed by atoms with Gasteiger partial charge in [0.15, 0.2) is 11.6 Å². The lowest BCUT2D eigenvalue weighted by Gasteiger charge is -2.40. The van der Waals surface area contributed by atoms with E-state index in [1.807, 2.05) is 0 Å². The first-order chi connectivity index (χ1) is 14.1. The van der Waals surface area contributed by atoms with Crippen molar-refractivity contribution >= 4 is 5.95 Å². The second kappa shape index (κ2) is 9.02. The van der Waals surface area contributed by atoms with Crippen molar-refractivity contribution in [3.63, 3.8) is 0 Å². The Morgan fingerprint density at radius 2 is 2.14 bits per heavy atom. The molecule has 0 radical (unpaired) electrons. The molecule has 158 valence electrons. The van der Waals surface area contributed by atoms with Gasteiger partial charge >= 0.3 is 0 Å². The van der Waals surface area contributed by atoms with E-state index in [0.717, 1.165) is 38.9 Å². The number of nitrogens with one attached hydrogen (secondary N) is 1. The van der Waals surface area contributed by atoms with E-state index in [-0.39, 0.29) is 23.5 Å². The van der Waals surface area contributed by atoms with Crippen molar-refractivity contribution in [3.8, 4) is 5.75 Å². The van der Waals surface area contributed by atoms with Crippen LogP contribution in [0.5, 0.6) is 5.75 Å². The van der Waals surface area contributed by atoms with Gasteiger partial charge in [0.25, 0.3) is 6.43 Å². The highest BCUT2D eigenvalue weighted by Crippen LogP contribution is 2.35. The number of halogens is 3. The number of anilines is 1. The summed E-state index contributed by atoms with van der Waals surface area (Å²) in [5, 5.41) is 7.26. The topological polar surface area (TPSA) is 55.2 Å². The molecule has 0 unspecified atom stereocenters. The third-order valence-electron chi connectivity index (χ3n) is 5.81. The highest BCUT2D eigenvalue weighted by atomic mass is 19.3. The predicted octanol–water partition coefficient (Wildman–Crippen LogP) is 3.59. The van der Waals surface area contributed by atoms with E-state index < -0.39 is 12.5 Å². The number of benzene rings is 1. The van der Waals surface area contributed by atoms with Gasteiger partial charge < -0.3 is 15.0 Å². The fourth-order valence-corrected chi connectivity index (χ4v) is 4.36. The number of hydrogen-bond acceptors (Lipinski definition) is 5. The van der Waals surface area contributed by atoms with Gasteiger partial charge in [0, 0.05) is 19.1 Å². The maximum atomic E-state index is 13.6. The molecule has 6 nitrogen and oxygen atoms in total. The van der Waals surface area contributed by atoms with Gasteiger partial charge in [0.1, 0.15) is 12.4 Å². The predicted molar refractivity (Wildman–Crippen MR) is 103 cm³/mol. The molecule has 0 bridgehead atoms. The third kappa shape index (κ3) is 4.66. The van der Waals surface area contributed by atoms with Crippen LogP contribution in [-0.2, 0) is 0 Å². The van der Waals surface area contributed by atoms with Crippen LogP contribution in [0.3, 0.4) is 0 Å². The van der Waals surface area contributed by atoms with Crippen LogP contribution in [0.2, 0.25) is 0 Å². The Hall–Kier alpha value is -2.29. The zero-order chi connectivity index (χ0) is 20.2. The van der Waals surface area contributed by atoms with Gasteiger partial charge in [0.2, 0.25) is 5.95 Å². The van der Waals surface area contributed by atoms with Crippen molar-refractivity contribution in [2.45, 2.75) is 44.2 Å². The van der Waals surface area contributed by atoms with E-state index >= 15 is 0 Å². The molecule has 2 aromatic rings. The molecule has 0 saturated carbocycles. The zero-order valence-electron chi connectivity index (χ0n) is 16.2. The Morgan fingerprint density at radius 1 is 1.28 bits per heavy atom. The minimum Gasteiger partial charge on any atom is -0.490 e. The number of nitrogens with zero attached hydrogens (tertiary/aromatic N) is 4. The molecule has 3 atom stereocenters. The van der Waals surface area contributed by atoms with Crippen LogP contribution < -0.4 is 10.1 Å². The lowest BCUT2D eigenvalue weighted by molar-refractivity contribution is 0.0552. The molecular formula is C20H26F3N5O. The van der Waals surface area contributed by atoms with Gasteiger partial charge in [-0.1, -0.05) is 12.1 Å². The van der Waals surface area contributed by atoms with E-state index in [1.54, 1.807) is 18.2 Å². The summed E-state index contributed by atoms with van der Waals surface area (Å²) in [7, 11) is 0. The number of aromatic nitrogens is 3. The molecule has 2 aliphatic heterocycles. The van der Waals surface area contributed by atoms with Crippen LogP contribution >= 0.6 is 0 Å². The highest BCUT2D eigenvalue weighted by Gasteiger charge is 2.38. The molecule has 1 saturated heterocycles. The van der Waals surface area contributed by atoms with Gasteiger partial charge in [-0.3, -0.25) is 0 Å². The van der Waals surface area contributed by atoms with Gasteiger partial charge in [-0.25, -0.2) is 17.9 Å². The lowest BCUT2D eigenvalue weighted by Crippen LogP contribution is -2.47. The van der Waals surface area contributed by atoms with E-state index in [2.05, 4.69) is 20.3 Å². The maximum Gasteiger partial charge on any atom is 0.260 e. The normalized spacial score (nSPS) is 24.9. The second-order valence-corrected chi connectivity index (χ2v) is 7.75. The molecule has 0 spiro atoms. The van der Waals surface area contributed by atoms with Crippen molar-refractivity contribution in [2.75, 3.05) is 31.6 Å². The number of alkyl halides is 2. The smallest absolute Gasteiger partial charge is 0.260 e. The maximum absolute atomic E-state index is 13.6. The Kier molecular flexibility index (Phi) is 6.22.